The molecule has 0 fully saturated rings. The summed E-state index contributed by atoms with van der Waals surface area (Å²) in [7, 11) is 0. The van der Waals surface area contributed by atoms with Gasteiger partial charge in [-0.2, -0.15) is 0 Å². The molecule has 2 aromatic rings. The van der Waals surface area contributed by atoms with E-state index in [-0.39, 0.29) is 17.3 Å². The van der Waals surface area contributed by atoms with E-state index in [0.29, 0.717) is 26.7 Å². The molecule has 104 valence electrons. The molecule has 1 aromatic heterocycles. The van der Waals surface area contributed by atoms with Crippen molar-refractivity contribution in [1.82, 2.24) is 4.98 Å². The van der Waals surface area contributed by atoms with E-state index in [1.54, 1.807) is 18.2 Å². The largest absolute Gasteiger partial charge is 0.481 e. The maximum Gasteiger partial charge on any atom is 0.307 e. The van der Waals surface area contributed by atoms with Crippen molar-refractivity contribution in [3.8, 4) is 11.1 Å². The van der Waals surface area contributed by atoms with E-state index < -0.39 is 5.97 Å². The van der Waals surface area contributed by atoms with Crippen LogP contribution in [0.15, 0.2) is 24.4 Å². The first-order valence-electron chi connectivity index (χ1n) is 5.50. The van der Waals surface area contributed by atoms with Crippen LogP contribution in [0.3, 0.4) is 0 Å². The van der Waals surface area contributed by atoms with Gasteiger partial charge in [0.2, 0.25) is 0 Å². The van der Waals surface area contributed by atoms with Crippen LogP contribution in [0.2, 0.25) is 15.1 Å². The first kappa shape index (κ1) is 14.9. The average Bonchev–Trinajstić information content (AvgIpc) is 2.37. The quantitative estimate of drug-likeness (QED) is 0.836. The molecule has 0 atom stereocenters. The minimum Gasteiger partial charge on any atom is -0.481 e. The molecular formula is C13H9Cl3N2O2. The van der Waals surface area contributed by atoms with Crippen LogP contribution >= 0.6 is 34.8 Å². The number of carboxylic acid groups (broad SMARTS) is 1. The molecule has 0 saturated carbocycles. The first-order chi connectivity index (χ1) is 9.40. The monoisotopic (exact) mass is 330 g/mol. The van der Waals surface area contributed by atoms with Crippen LogP contribution in [0, 0.1) is 0 Å². The predicted octanol–water partition coefficient (Wildman–Crippen LogP) is 3.92. The van der Waals surface area contributed by atoms with Gasteiger partial charge in [-0.3, -0.25) is 4.79 Å². The van der Waals surface area contributed by atoms with Crippen molar-refractivity contribution in [2.45, 2.75) is 6.42 Å². The van der Waals surface area contributed by atoms with Gasteiger partial charge in [-0.1, -0.05) is 34.8 Å². The number of aromatic nitrogens is 1. The molecule has 0 aliphatic carbocycles. The van der Waals surface area contributed by atoms with Gasteiger partial charge >= 0.3 is 5.97 Å². The van der Waals surface area contributed by atoms with Crippen molar-refractivity contribution in [2.24, 2.45) is 0 Å². The van der Waals surface area contributed by atoms with Gasteiger partial charge in [-0.15, -0.1) is 0 Å². The molecule has 4 nitrogen and oxygen atoms in total. The number of nitrogen functional groups attached to an aromatic ring is 1. The van der Waals surface area contributed by atoms with Crippen LogP contribution in [0.25, 0.3) is 11.1 Å². The Morgan fingerprint density at radius 3 is 2.55 bits per heavy atom. The second kappa shape index (κ2) is 5.87. The Morgan fingerprint density at radius 1 is 1.25 bits per heavy atom. The molecule has 0 aliphatic heterocycles. The number of anilines is 1. The van der Waals surface area contributed by atoms with E-state index in [1.807, 2.05) is 0 Å². The lowest BCUT2D eigenvalue weighted by Crippen LogP contribution is -2.05. The third kappa shape index (κ3) is 2.98. The highest BCUT2D eigenvalue weighted by Gasteiger charge is 2.15. The highest BCUT2D eigenvalue weighted by atomic mass is 35.5. The number of rotatable bonds is 3. The highest BCUT2D eigenvalue weighted by Crippen LogP contribution is 2.39. The third-order valence-corrected chi connectivity index (χ3v) is 3.80. The van der Waals surface area contributed by atoms with Crippen LogP contribution in [0.4, 0.5) is 5.82 Å². The summed E-state index contributed by atoms with van der Waals surface area (Å²) in [6, 6.07) is 4.79. The molecule has 7 heteroatoms. The normalized spacial score (nSPS) is 10.6. The lowest BCUT2D eigenvalue weighted by Gasteiger charge is -2.10. The second-order valence-electron chi connectivity index (χ2n) is 4.06. The van der Waals surface area contributed by atoms with Gasteiger partial charge in [0.05, 0.1) is 21.5 Å². The zero-order valence-corrected chi connectivity index (χ0v) is 12.3. The summed E-state index contributed by atoms with van der Waals surface area (Å²) in [6.45, 7) is 0. The van der Waals surface area contributed by atoms with E-state index in [0.717, 1.165) is 0 Å². The molecule has 0 saturated heterocycles. The Bertz CT molecular complexity index is 690. The Labute approximate surface area is 130 Å². The third-order valence-electron chi connectivity index (χ3n) is 2.68. The number of hydrogen-bond donors (Lipinski definition) is 2. The lowest BCUT2D eigenvalue weighted by atomic mass is 10.0. The minimum atomic E-state index is -1.00. The van der Waals surface area contributed by atoms with Crippen LogP contribution in [-0.2, 0) is 11.2 Å². The zero-order chi connectivity index (χ0) is 14.9. The van der Waals surface area contributed by atoms with Gasteiger partial charge in [-0.25, -0.2) is 4.98 Å². The summed E-state index contributed by atoms with van der Waals surface area (Å²) in [6.07, 6.45) is 1.24. The van der Waals surface area contributed by atoms with Crippen LogP contribution < -0.4 is 5.73 Å². The van der Waals surface area contributed by atoms with Crippen LogP contribution in [0.1, 0.15) is 5.56 Å². The van der Waals surface area contributed by atoms with Gasteiger partial charge in [0.25, 0.3) is 0 Å². The van der Waals surface area contributed by atoms with Gasteiger partial charge in [0, 0.05) is 22.9 Å². The van der Waals surface area contributed by atoms with Crippen LogP contribution in [0.5, 0.6) is 0 Å². The number of carbonyl (C=O) groups is 1. The van der Waals surface area contributed by atoms with Crippen molar-refractivity contribution < 1.29 is 9.90 Å². The molecule has 0 radical (unpaired) electrons. The Balaban J connectivity index is 2.59. The predicted molar refractivity (Wildman–Crippen MR) is 80.5 cm³/mol. The molecule has 20 heavy (non-hydrogen) atoms. The summed E-state index contributed by atoms with van der Waals surface area (Å²) in [5.41, 5.74) is 7.11. The summed E-state index contributed by atoms with van der Waals surface area (Å²) in [5, 5.41) is 9.88. The minimum absolute atomic E-state index is 0.158. The fourth-order valence-corrected chi connectivity index (χ4v) is 2.50. The molecule has 3 N–H and O–H groups in total. The van der Waals surface area contributed by atoms with Gasteiger partial charge in [0.1, 0.15) is 5.82 Å². The summed E-state index contributed by atoms with van der Waals surface area (Å²) < 4.78 is 0. The standard InChI is InChI=1S/C13H9Cl3N2O2/c14-8-1-2-9(15)12(16)11(8)7-3-6(4-10(19)20)13(17)18-5-7/h1-3,5H,4H2,(H2,17,18)(H,19,20). The number of aliphatic carboxylic acids is 1. The van der Waals surface area contributed by atoms with E-state index in [1.165, 1.54) is 6.20 Å². The van der Waals surface area contributed by atoms with Crippen LogP contribution in [-0.4, -0.2) is 16.1 Å². The van der Waals surface area contributed by atoms with Crippen molar-refractivity contribution in [3.05, 3.63) is 45.0 Å². The number of pyridine rings is 1. The van der Waals surface area contributed by atoms with Crippen molar-refractivity contribution in [1.29, 1.82) is 0 Å². The molecule has 0 aliphatic rings. The molecule has 0 bridgehead atoms. The number of hydrogen-bond acceptors (Lipinski definition) is 3. The Morgan fingerprint density at radius 2 is 1.90 bits per heavy atom. The van der Waals surface area contributed by atoms with E-state index in [4.69, 9.17) is 45.6 Å². The van der Waals surface area contributed by atoms with Crippen molar-refractivity contribution >= 4 is 46.6 Å². The molecule has 0 spiro atoms. The Kier molecular flexibility index (Phi) is 4.38. The molecule has 2 rings (SSSR count). The zero-order valence-electron chi connectivity index (χ0n) is 10.0. The van der Waals surface area contributed by atoms with Gasteiger partial charge in [-0.05, 0) is 18.2 Å². The van der Waals surface area contributed by atoms with E-state index in [9.17, 15) is 4.79 Å². The molecular weight excluding hydrogens is 323 g/mol. The van der Waals surface area contributed by atoms with Gasteiger partial charge in [0.15, 0.2) is 0 Å². The second-order valence-corrected chi connectivity index (χ2v) is 5.25. The number of carboxylic acids is 1. The van der Waals surface area contributed by atoms with Crippen molar-refractivity contribution in [3.63, 3.8) is 0 Å². The summed E-state index contributed by atoms with van der Waals surface area (Å²) >= 11 is 18.2. The molecule has 0 amide bonds. The SMILES string of the molecule is Nc1ncc(-c2c(Cl)ccc(Cl)c2Cl)cc1CC(=O)O. The summed E-state index contributed by atoms with van der Waals surface area (Å²) in [5.74, 6) is -0.843. The maximum absolute atomic E-state index is 10.8. The van der Waals surface area contributed by atoms with Gasteiger partial charge < -0.3 is 10.8 Å². The smallest absolute Gasteiger partial charge is 0.307 e. The average molecular weight is 332 g/mol. The lowest BCUT2D eigenvalue weighted by molar-refractivity contribution is -0.136. The molecule has 0 unspecified atom stereocenters. The maximum atomic E-state index is 10.8. The topological polar surface area (TPSA) is 76.2 Å². The fourth-order valence-electron chi connectivity index (χ4n) is 1.75. The number of nitrogens with two attached hydrogens (primary N) is 1. The first-order valence-corrected chi connectivity index (χ1v) is 6.63. The number of nitrogens with zero attached hydrogens (tertiary/aromatic N) is 1. The van der Waals surface area contributed by atoms with E-state index in [2.05, 4.69) is 4.98 Å². The van der Waals surface area contributed by atoms with E-state index >= 15 is 0 Å². The number of halogens is 3. The summed E-state index contributed by atoms with van der Waals surface area (Å²) in [4.78, 5) is 14.8. The highest BCUT2D eigenvalue weighted by molar-refractivity contribution is 6.46. The fraction of sp³-hybridized carbons (Fsp3) is 0.0769. The molecule has 1 heterocycles. The Hall–Kier alpha value is -1.49. The molecule has 1 aromatic carbocycles. The number of benzene rings is 1. The van der Waals surface area contributed by atoms with Crippen molar-refractivity contribution in [2.75, 3.05) is 5.73 Å².